The third kappa shape index (κ3) is 4.55. The van der Waals surface area contributed by atoms with E-state index in [2.05, 4.69) is 0 Å². The average molecular weight is 205 g/mol. The summed E-state index contributed by atoms with van der Waals surface area (Å²) >= 11 is 0. The predicted octanol–water partition coefficient (Wildman–Crippen LogP) is 0.276. The molecule has 5 nitrogen and oxygen atoms in total. The van der Waals surface area contributed by atoms with E-state index in [1.807, 2.05) is 13.8 Å². The van der Waals surface area contributed by atoms with Crippen LogP contribution in [0.15, 0.2) is 0 Å². The summed E-state index contributed by atoms with van der Waals surface area (Å²) in [6.07, 6.45) is -0.718. The molecule has 0 fully saturated rings. The van der Waals surface area contributed by atoms with Gasteiger partial charge in [0.1, 0.15) is 0 Å². The molecular formula is C9H19NO4. The van der Waals surface area contributed by atoms with Gasteiger partial charge < -0.3 is 19.9 Å². The summed E-state index contributed by atoms with van der Waals surface area (Å²) in [5.41, 5.74) is 5.60. The zero-order valence-electron chi connectivity index (χ0n) is 8.99. The van der Waals surface area contributed by atoms with Crippen molar-refractivity contribution in [3.8, 4) is 0 Å². The first-order valence-corrected chi connectivity index (χ1v) is 4.82. The molecule has 0 aromatic rings. The Morgan fingerprint density at radius 3 is 2.00 bits per heavy atom. The molecule has 0 aliphatic heterocycles. The maximum atomic E-state index is 11.2. The number of nitrogens with two attached hydrogens (primary N) is 1. The van der Waals surface area contributed by atoms with Crippen LogP contribution in [0, 0.1) is 0 Å². The van der Waals surface area contributed by atoms with Gasteiger partial charge in [0.15, 0.2) is 12.3 Å². The first-order chi connectivity index (χ1) is 6.67. The lowest BCUT2D eigenvalue weighted by atomic mass is 10.3. The fourth-order valence-electron chi connectivity index (χ4n) is 0.934. The van der Waals surface area contributed by atoms with Gasteiger partial charge in [-0.05, 0) is 20.8 Å². The standard InChI is InChI=1S/C9H19NO4/c1-4-12-8(11)7(10)9(13-5-2)14-6-3/h7,9H,4-6,10H2,1-3H3/t7-/m0/s1. The molecule has 0 amide bonds. The number of rotatable bonds is 7. The lowest BCUT2D eigenvalue weighted by molar-refractivity contribution is -0.174. The van der Waals surface area contributed by atoms with E-state index >= 15 is 0 Å². The van der Waals surface area contributed by atoms with E-state index in [4.69, 9.17) is 19.9 Å². The van der Waals surface area contributed by atoms with E-state index in [9.17, 15) is 4.79 Å². The Morgan fingerprint density at radius 2 is 1.64 bits per heavy atom. The van der Waals surface area contributed by atoms with E-state index in [1.165, 1.54) is 0 Å². The van der Waals surface area contributed by atoms with Crippen molar-refractivity contribution in [1.29, 1.82) is 0 Å². The Hall–Kier alpha value is -0.650. The molecule has 0 spiro atoms. The van der Waals surface area contributed by atoms with Crippen LogP contribution in [0.25, 0.3) is 0 Å². The Balaban J connectivity index is 4.11. The quantitative estimate of drug-likeness (QED) is 0.477. The van der Waals surface area contributed by atoms with E-state index in [0.717, 1.165) is 0 Å². The maximum absolute atomic E-state index is 11.2. The Morgan fingerprint density at radius 1 is 1.14 bits per heavy atom. The van der Waals surface area contributed by atoms with Crippen molar-refractivity contribution in [2.45, 2.75) is 33.1 Å². The fourth-order valence-corrected chi connectivity index (χ4v) is 0.934. The van der Waals surface area contributed by atoms with Gasteiger partial charge in [-0.1, -0.05) is 0 Å². The molecule has 0 aliphatic rings. The lowest BCUT2D eigenvalue weighted by Crippen LogP contribution is -2.46. The van der Waals surface area contributed by atoms with Crippen LogP contribution in [0.2, 0.25) is 0 Å². The molecule has 0 heterocycles. The van der Waals surface area contributed by atoms with Gasteiger partial charge in [-0.2, -0.15) is 0 Å². The smallest absolute Gasteiger partial charge is 0.328 e. The summed E-state index contributed by atoms with van der Waals surface area (Å²) in [7, 11) is 0. The van der Waals surface area contributed by atoms with Crippen LogP contribution >= 0.6 is 0 Å². The highest BCUT2D eigenvalue weighted by molar-refractivity contribution is 5.75. The van der Waals surface area contributed by atoms with Gasteiger partial charge in [-0.3, -0.25) is 4.79 Å². The molecular weight excluding hydrogens is 186 g/mol. The van der Waals surface area contributed by atoms with Crippen molar-refractivity contribution >= 4 is 5.97 Å². The number of hydrogen-bond donors (Lipinski definition) is 1. The maximum Gasteiger partial charge on any atom is 0.328 e. The first-order valence-electron chi connectivity index (χ1n) is 4.82. The SMILES string of the molecule is CCOC(=O)[C@H](N)C(OCC)OCC. The molecule has 0 saturated carbocycles. The minimum absolute atomic E-state index is 0.303. The molecule has 0 radical (unpaired) electrons. The van der Waals surface area contributed by atoms with Crippen LogP contribution in [-0.4, -0.2) is 38.1 Å². The summed E-state index contributed by atoms with van der Waals surface area (Å²) in [6.45, 7) is 6.53. The highest BCUT2D eigenvalue weighted by Crippen LogP contribution is 2.02. The molecule has 0 unspecified atom stereocenters. The summed E-state index contributed by atoms with van der Waals surface area (Å²) in [5, 5.41) is 0. The number of hydrogen-bond acceptors (Lipinski definition) is 5. The van der Waals surface area contributed by atoms with Gasteiger partial charge in [0.05, 0.1) is 6.61 Å². The fraction of sp³-hybridized carbons (Fsp3) is 0.889. The number of esters is 1. The minimum atomic E-state index is -0.880. The third-order valence-electron chi connectivity index (χ3n) is 1.51. The van der Waals surface area contributed by atoms with Gasteiger partial charge in [0.25, 0.3) is 0 Å². The second kappa shape index (κ2) is 7.73. The summed E-state index contributed by atoms with van der Waals surface area (Å²) in [6, 6.07) is -0.880. The van der Waals surface area contributed by atoms with E-state index in [-0.39, 0.29) is 0 Å². The zero-order chi connectivity index (χ0) is 11.0. The van der Waals surface area contributed by atoms with Crippen LogP contribution in [0.5, 0.6) is 0 Å². The second-order valence-corrected chi connectivity index (χ2v) is 2.56. The summed E-state index contributed by atoms with van der Waals surface area (Å²) in [5.74, 6) is -0.501. The zero-order valence-corrected chi connectivity index (χ0v) is 8.99. The normalized spacial score (nSPS) is 12.9. The van der Waals surface area contributed by atoms with Crippen LogP contribution in [0.1, 0.15) is 20.8 Å². The van der Waals surface area contributed by atoms with E-state index in [1.54, 1.807) is 6.92 Å². The third-order valence-corrected chi connectivity index (χ3v) is 1.51. The molecule has 2 N–H and O–H groups in total. The van der Waals surface area contributed by atoms with Gasteiger partial charge >= 0.3 is 5.97 Å². The molecule has 1 atom stereocenters. The first kappa shape index (κ1) is 13.4. The van der Waals surface area contributed by atoms with Crippen LogP contribution in [0.4, 0.5) is 0 Å². The number of carbonyl (C=O) groups is 1. The van der Waals surface area contributed by atoms with Crippen LogP contribution in [-0.2, 0) is 19.0 Å². The topological polar surface area (TPSA) is 70.8 Å². The van der Waals surface area contributed by atoms with Crippen molar-refractivity contribution in [2.75, 3.05) is 19.8 Å². The second-order valence-electron chi connectivity index (χ2n) is 2.56. The van der Waals surface area contributed by atoms with Crippen molar-refractivity contribution in [2.24, 2.45) is 5.73 Å². The van der Waals surface area contributed by atoms with Gasteiger partial charge in [-0.25, -0.2) is 0 Å². The van der Waals surface area contributed by atoms with Gasteiger partial charge in [0.2, 0.25) is 0 Å². The Kier molecular flexibility index (Phi) is 7.37. The molecule has 5 heteroatoms. The predicted molar refractivity (Wildman–Crippen MR) is 51.6 cm³/mol. The van der Waals surface area contributed by atoms with E-state index < -0.39 is 18.3 Å². The minimum Gasteiger partial charge on any atom is -0.465 e. The molecule has 0 aliphatic carbocycles. The van der Waals surface area contributed by atoms with Crippen molar-refractivity contribution in [1.82, 2.24) is 0 Å². The van der Waals surface area contributed by atoms with Crippen molar-refractivity contribution < 1.29 is 19.0 Å². The molecule has 84 valence electrons. The van der Waals surface area contributed by atoms with Crippen LogP contribution in [0.3, 0.4) is 0 Å². The average Bonchev–Trinajstić information content (AvgIpc) is 2.17. The molecule has 0 saturated heterocycles. The molecule has 0 aromatic carbocycles. The molecule has 0 rings (SSSR count). The summed E-state index contributed by atoms with van der Waals surface area (Å²) < 4.78 is 15.1. The summed E-state index contributed by atoms with van der Waals surface area (Å²) in [4.78, 5) is 11.2. The number of ether oxygens (including phenoxy) is 3. The monoisotopic (exact) mass is 205 g/mol. The highest BCUT2D eigenvalue weighted by atomic mass is 16.7. The number of carbonyl (C=O) groups excluding carboxylic acids is 1. The Bertz CT molecular complexity index is 157. The van der Waals surface area contributed by atoms with Crippen molar-refractivity contribution in [3.63, 3.8) is 0 Å². The molecule has 0 aromatic heterocycles. The molecule has 14 heavy (non-hydrogen) atoms. The Labute approximate surface area is 84.5 Å². The van der Waals surface area contributed by atoms with Crippen LogP contribution < -0.4 is 5.73 Å². The lowest BCUT2D eigenvalue weighted by Gasteiger charge is -2.21. The van der Waals surface area contributed by atoms with Gasteiger partial charge in [0, 0.05) is 13.2 Å². The van der Waals surface area contributed by atoms with E-state index in [0.29, 0.717) is 19.8 Å². The molecule has 0 bridgehead atoms. The van der Waals surface area contributed by atoms with Crippen molar-refractivity contribution in [3.05, 3.63) is 0 Å². The highest BCUT2D eigenvalue weighted by Gasteiger charge is 2.26. The largest absolute Gasteiger partial charge is 0.465 e. The van der Waals surface area contributed by atoms with Gasteiger partial charge in [-0.15, -0.1) is 0 Å².